The fourth-order valence-corrected chi connectivity index (χ4v) is 1.29. The van der Waals surface area contributed by atoms with Crippen molar-refractivity contribution < 1.29 is 0 Å². The molecule has 0 aromatic rings. The Morgan fingerprint density at radius 1 is 1.30 bits per heavy atom. The van der Waals surface area contributed by atoms with Gasteiger partial charge in [-0.3, -0.25) is 0 Å². The molecule has 0 aliphatic heterocycles. The molecular formula is C9H19N. The Bertz CT molecular complexity index is 94.9. The van der Waals surface area contributed by atoms with Gasteiger partial charge in [-0.15, -0.1) is 0 Å². The average Bonchev–Trinajstić information content (AvgIpc) is 2.63. The largest absolute Gasteiger partial charge is 0.327 e. The Labute approximate surface area is 64.0 Å². The van der Waals surface area contributed by atoms with E-state index in [1.165, 1.54) is 25.7 Å². The summed E-state index contributed by atoms with van der Waals surface area (Å²) in [6.07, 6.45) is 5.32. The van der Waals surface area contributed by atoms with Crippen molar-refractivity contribution in [3.8, 4) is 0 Å². The summed E-state index contributed by atoms with van der Waals surface area (Å²) in [7, 11) is 0. The van der Waals surface area contributed by atoms with E-state index in [-0.39, 0.29) is 0 Å². The molecule has 60 valence electrons. The molecule has 0 aromatic heterocycles. The van der Waals surface area contributed by atoms with Gasteiger partial charge in [0.05, 0.1) is 0 Å². The second-order valence-corrected chi connectivity index (χ2v) is 3.97. The first-order valence-electron chi connectivity index (χ1n) is 4.45. The van der Waals surface area contributed by atoms with E-state index in [9.17, 15) is 0 Å². The Kier molecular flexibility index (Phi) is 2.72. The summed E-state index contributed by atoms with van der Waals surface area (Å²) in [6, 6.07) is 0.516. The van der Waals surface area contributed by atoms with Gasteiger partial charge in [0.2, 0.25) is 0 Å². The molecule has 1 aliphatic carbocycles. The summed E-state index contributed by atoms with van der Waals surface area (Å²) in [4.78, 5) is 0. The van der Waals surface area contributed by atoms with Crippen molar-refractivity contribution in [2.24, 2.45) is 17.6 Å². The van der Waals surface area contributed by atoms with Crippen LogP contribution in [0.15, 0.2) is 0 Å². The predicted molar refractivity (Wildman–Crippen MR) is 44.8 cm³/mol. The summed E-state index contributed by atoms with van der Waals surface area (Å²) in [5.74, 6) is 1.71. The van der Waals surface area contributed by atoms with Gasteiger partial charge in [-0.05, 0) is 37.5 Å². The normalized spacial score (nSPS) is 21.6. The number of nitrogens with two attached hydrogens (primary N) is 1. The molecule has 1 atom stereocenters. The van der Waals surface area contributed by atoms with Gasteiger partial charge in [-0.25, -0.2) is 0 Å². The quantitative estimate of drug-likeness (QED) is 0.638. The highest BCUT2D eigenvalue weighted by molar-refractivity contribution is 4.83. The smallest absolute Gasteiger partial charge is 0.00672 e. The zero-order chi connectivity index (χ0) is 7.56. The Morgan fingerprint density at radius 2 is 1.90 bits per heavy atom. The molecule has 0 saturated heterocycles. The summed E-state index contributed by atoms with van der Waals surface area (Å²) < 4.78 is 0. The van der Waals surface area contributed by atoms with Crippen LogP contribution in [0, 0.1) is 11.8 Å². The van der Waals surface area contributed by atoms with Crippen LogP contribution in [0.25, 0.3) is 0 Å². The zero-order valence-electron chi connectivity index (χ0n) is 7.14. The van der Waals surface area contributed by atoms with E-state index in [1.807, 2.05) is 0 Å². The van der Waals surface area contributed by atoms with Gasteiger partial charge in [0.25, 0.3) is 0 Å². The maximum absolute atomic E-state index is 5.93. The highest BCUT2D eigenvalue weighted by atomic mass is 14.7. The second-order valence-electron chi connectivity index (χ2n) is 3.97. The van der Waals surface area contributed by atoms with Gasteiger partial charge in [0, 0.05) is 6.04 Å². The van der Waals surface area contributed by atoms with Crippen molar-refractivity contribution in [1.82, 2.24) is 0 Å². The Hall–Kier alpha value is -0.0400. The van der Waals surface area contributed by atoms with E-state index < -0.39 is 0 Å². The topological polar surface area (TPSA) is 26.0 Å². The van der Waals surface area contributed by atoms with E-state index in [2.05, 4.69) is 13.8 Å². The Balaban J connectivity index is 2.00. The molecule has 0 amide bonds. The molecular weight excluding hydrogens is 122 g/mol. The number of hydrogen-bond donors (Lipinski definition) is 1. The molecule has 0 spiro atoms. The second kappa shape index (κ2) is 3.38. The molecule has 0 heterocycles. The van der Waals surface area contributed by atoms with Gasteiger partial charge in [-0.2, -0.15) is 0 Å². The molecule has 1 rings (SSSR count). The van der Waals surface area contributed by atoms with E-state index in [0.717, 1.165) is 11.8 Å². The van der Waals surface area contributed by atoms with Gasteiger partial charge in [0.15, 0.2) is 0 Å². The zero-order valence-corrected chi connectivity index (χ0v) is 7.14. The lowest BCUT2D eigenvalue weighted by Gasteiger charge is -2.10. The first-order chi connectivity index (χ1) is 4.70. The standard InChI is InChI=1S/C9H19N/c1-7(2)3-6-9(10)8-4-5-8/h7-9H,3-6,10H2,1-2H3. The minimum atomic E-state index is 0.516. The Morgan fingerprint density at radius 3 is 2.30 bits per heavy atom. The van der Waals surface area contributed by atoms with E-state index in [1.54, 1.807) is 0 Å². The molecule has 1 aliphatic rings. The molecule has 0 bridgehead atoms. The minimum Gasteiger partial charge on any atom is -0.327 e. The first kappa shape index (κ1) is 8.06. The summed E-state index contributed by atoms with van der Waals surface area (Å²) in [5.41, 5.74) is 5.93. The average molecular weight is 141 g/mol. The molecule has 2 N–H and O–H groups in total. The SMILES string of the molecule is CC(C)CCC(N)C1CC1. The van der Waals surface area contributed by atoms with Crippen LogP contribution < -0.4 is 5.73 Å². The van der Waals surface area contributed by atoms with Crippen LogP contribution in [0.3, 0.4) is 0 Å². The number of rotatable bonds is 4. The van der Waals surface area contributed by atoms with E-state index in [4.69, 9.17) is 5.73 Å². The lowest BCUT2D eigenvalue weighted by molar-refractivity contribution is 0.467. The van der Waals surface area contributed by atoms with Gasteiger partial charge in [0.1, 0.15) is 0 Å². The maximum Gasteiger partial charge on any atom is 0.00672 e. The molecule has 1 fully saturated rings. The maximum atomic E-state index is 5.93. The van der Waals surface area contributed by atoms with Crippen LogP contribution in [0.4, 0.5) is 0 Å². The summed E-state index contributed by atoms with van der Waals surface area (Å²) in [6.45, 7) is 4.53. The van der Waals surface area contributed by atoms with Crippen LogP contribution in [-0.4, -0.2) is 6.04 Å². The van der Waals surface area contributed by atoms with Crippen molar-refractivity contribution in [2.75, 3.05) is 0 Å². The summed E-state index contributed by atoms with van der Waals surface area (Å²) in [5, 5.41) is 0. The third-order valence-corrected chi connectivity index (χ3v) is 2.30. The fraction of sp³-hybridized carbons (Fsp3) is 1.00. The van der Waals surface area contributed by atoms with Crippen LogP contribution in [0.1, 0.15) is 39.5 Å². The van der Waals surface area contributed by atoms with Crippen molar-refractivity contribution >= 4 is 0 Å². The first-order valence-corrected chi connectivity index (χ1v) is 4.45. The lowest BCUT2D eigenvalue weighted by Crippen LogP contribution is -2.22. The third-order valence-electron chi connectivity index (χ3n) is 2.30. The van der Waals surface area contributed by atoms with Crippen molar-refractivity contribution in [1.29, 1.82) is 0 Å². The van der Waals surface area contributed by atoms with Gasteiger partial charge >= 0.3 is 0 Å². The monoisotopic (exact) mass is 141 g/mol. The van der Waals surface area contributed by atoms with Gasteiger partial charge < -0.3 is 5.73 Å². The molecule has 1 saturated carbocycles. The van der Waals surface area contributed by atoms with Crippen molar-refractivity contribution in [3.05, 3.63) is 0 Å². The van der Waals surface area contributed by atoms with E-state index >= 15 is 0 Å². The molecule has 0 aromatic carbocycles. The fourth-order valence-electron chi connectivity index (χ4n) is 1.29. The van der Waals surface area contributed by atoms with Crippen LogP contribution >= 0.6 is 0 Å². The lowest BCUT2D eigenvalue weighted by atomic mass is 10.0. The van der Waals surface area contributed by atoms with E-state index in [0.29, 0.717) is 6.04 Å². The van der Waals surface area contributed by atoms with Crippen LogP contribution in [0.5, 0.6) is 0 Å². The van der Waals surface area contributed by atoms with Crippen LogP contribution in [0.2, 0.25) is 0 Å². The molecule has 1 heteroatoms. The molecule has 0 radical (unpaired) electrons. The highest BCUT2D eigenvalue weighted by Crippen LogP contribution is 2.33. The predicted octanol–water partition coefficient (Wildman–Crippen LogP) is 2.16. The molecule has 1 nitrogen and oxygen atoms in total. The number of hydrogen-bond acceptors (Lipinski definition) is 1. The highest BCUT2D eigenvalue weighted by Gasteiger charge is 2.27. The molecule has 10 heavy (non-hydrogen) atoms. The third kappa shape index (κ3) is 2.70. The van der Waals surface area contributed by atoms with Crippen LogP contribution in [-0.2, 0) is 0 Å². The minimum absolute atomic E-state index is 0.516. The molecule has 1 unspecified atom stereocenters. The van der Waals surface area contributed by atoms with Crippen molar-refractivity contribution in [3.63, 3.8) is 0 Å². The summed E-state index contributed by atoms with van der Waals surface area (Å²) >= 11 is 0. The van der Waals surface area contributed by atoms with Crippen molar-refractivity contribution in [2.45, 2.75) is 45.6 Å². The van der Waals surface area contributed by atoms with Gasteiger partial charge in [-0.1, -0.05) is 13.8 Å².